The number of aromatic nitrogens is 1. The highest BCUT2D eigenvalue weighted by atomic mass is 16.5. The second kappa shape index (κ2) is 7.87. The molecule has 26 heavy (non-hydrogen) atoms. The van der Waals surface area contributed by atoms with Crippen molar-refractivity contribution in [3.8, 4) is 5.75 Å². The maximum Gasteiger partial charge on any atom is 0.277 e. The summed E-state index contributed by atoms with van der Waals surface area (Å²) in [6.45, 7) is 6.21. The molecule has 0 bridgehead atoms. The summed E-state index contributed by atoms with van der Waals surface area (Å²) < 4.78 is 7.81. The minimum absolute atomic E-state index is 0.0859. The fourth-order valence-corrected chi connectivity index (χ4v) is 2.92. The zero-order chi connectivity index (χ0) is 18.5. The summed E-state index contributed by atoms with van der Waals surface area (Å²) in [6, 6.07) is 16.1. The van der Waals surface area contributed by atoms with Gasteiger partial charge in [0.15, 0.2) is 6.61 Å². The number of nitrogens with zero attached hydrogens (tertiary/aromatic N) is 2. The number of hydrogen-bond acceptors (Lipinski definition) is 3. The number of benzene rings is 2. The number of carbonyl (C=O) groups excluding carboxylic acids is 1. The molecule has 3 rings (SSSR count). The van der Waals surface area contributed by atoms with Gasteiger partial charge in [0.2, 0.25) is 0 Å². The van der Waals surface area contributed by atoms with Crippen LogP contribution in [0.5, 0.6) is 5.75 Å². The van der Waals surface area contributed by atoms with E-state index in [1.165, 1.54) is 0 Å². The van der Waals surface area contributed by atoms with Gasteiger partial charge < -0.3 is 9.30 Å². The van der Waals surface area contributed by atoms with E-state index in [0.717, 1.165) is 22.0 Å². The molecule has 0 saturated carbocycles. The smallest absolute Gasteiger partial charge is 0.277 e. The van der Waals surface area contributed by atoms with Crippen molar-refractivity contribution in [2.45, 2.75) is 26.8 Å². The second-order valence-electron chi connectivity index (χ2n) is 6.47. The highest BCUT2D eigenvalue weighted by molar-refractivity contribution is 5.89. The van der Waals surface area contributed by atoms with Crippen LogP contribution in [-0.2, 0) is 4.79 Å². The third kappa shape index (κ3) is 4.11. The highest BCUT2D eigenvalue weighted by Crippen LogP contribution is 2.24. The Morgan fingerprint density at radius 2 is 2.00 bits per heavy atom. The zero-order valence-corrected chi connectivity index (χ0v) is 15.3. The van der Waals surface area contributed by atoms with E-state index in [9.17, 15) is 4.79 Å². The Kier molecular flexibility index (Phi) is 5.37. The normalized spacial score (nSPS) is 11.4. The minimum atomic E-state index is -0.297. The van der Waals surface area contributed by atoms with Crippen molar-refractivity contribution in [1.82, 2.24) is 9.99 Å². The fraction of sp³-hybridized carbons (Fsp3) is 0.238. The number of carbonyl (C=O) groups is 1. The van der Waals surface area contributed by atoms with Gasteiger partial charge >= 0.3 is 0 Å². The van der Waals surface area contributed by atoms with E-state index in [1.54, 1.807) is 6.21 Å². The van der Waals surface area contributed by atoms with Crippen molar-refractivity contribution in [3.63, 3.8) is 0 Å². The predicted octanol–water partition coefficient (Wildman–Crippen LogP) is 4.06. The first-order valence-electron chi connectivity index (χ1n) is 8.65. The van der Waals surface area contributed by atoms with Gasteiger partial charge in [0, 0.05) is 28.9 Å². The van der Waals surface area contributed by atoms with Crippen LogP contribution in [0.3, 0.4) is 0 Å². The van der Waals surface area contributed by atoms with Crippen LogP contribution in [0.4, 0.5) is 0 Å². The van der Waals surface area contributed by atoms with Gasteiger partial charge in [-0.15, -0.1) is 0 Å². The van der Waals surface area contributed by atoms with Crippen LogP contribution >= 0.6 is 0 Å². The van der Waals surface area contributed by atoms with Crippen LogP contribution in [-0.4, -0.2) is 23.3 Å². The van der Waals surface area contributed by atoms with Crippen LogP contribution in [0.25, 0.3) is 10.8 Å². The number of fused-ring (bicyclic) bond motifs is 1. The molecule has 1 N–H and O–H groups in total. The number of nitrogens with one attached hydrogen (secondary N) is 1. The Bertz CT molecular complexity index is 936. The minimum Gasteiger partial charge on any atom is -0.483 e. The van der Waals surface area contributed by atoms with Gasteiger partial charge in [-0.25, -0.2) is 5.43 Å². The number of aryl methyl sites for hydroxylation is 1. The lowest BCUT2D eigenvalue weighted by Crippen LogP contribution is -2.24. The van der Waals surface area contributed by atoms with Crippen molar-refractivity contribution < 1.29 is 9.53 Å². The molecule has 0 aliphatic heterocycles. The second-order valence-corrected chi connectivity index (χ2v) is 6.47. The number of rotatable bonds is 6. The van der Waals surface area contributed by atoms with E-state index in [2.05, 4.69) is 28.9 Å². The van der Waals surface area contributed by atoms with Crippen molar-refractivity contribution in [2.24, 2.45) is 5.10 Å². The summed E-state index contributed by atoms with van der Waals surface area (Å²) >= 11 is 0. The Hall–Kier alpha value is -3.08. The first kappa shape index (κ1) is 17.7. The van der Waals surface area contributed by atoms with E-state index < -0.39 is 0 Å². The molecule has 0 spiro atoms. The number of hydrazone groups is 1. The van der Waals surface area contributed by atoms with Crippen LogP contribution < -0.4 is 10.2 Å². The van der Waals surface area contributed by atoms with Gasteiger partial charge in [-0.05, 0) is 38.3 Å². The summed E-state index contributed by atoms with van der Waals surface area (Å²) in [5.41, 5.74) is 4.61. The molecule has 0 aliphatic rings. The maximum atomic E-state index is 12.0. The molecular formula is C21H23N3O2. The van der Waals surface area contributed by atoms with Crippen molar-refractivity contribution >= 4 is 22.9 Å². The van der Waals surface area contributed by atoms with Gasteiger partial charge in [-0.2, -0.15) is 5.10 Å². The molecule has 1 amide bonds. The molecule has 1 heterocycles. The summed E-state index contributed by atoms with van der Waals surface area (Å²) in [4.78, 5) is 12.0. The van der Waals surface area contributed by atoms with E-state index in [1.807, 2.05) is 61.7 Å². The maximum absolute atomic E-state index is 12.0. The van der Waals surface area contributed by atoms with Gasteiger partial charge in [0.05, 0.1) is 6.21 Å². The van der Waals surface area contributed by atoms with Gasteiger partial charge in [-0.3, -0.25) is 4.79 Å². The SMILES string of the molecule is Cc1cc(/C=N/NC(=O)COc2cccc3ccccc23)cn1C(C)C. The molecule has 5 nitrogen and oxygen atoms in total. The first-order valence-corrected chi connectivity index (χ1v) is 8.65. The summed E-state index contributed by atoms with van der Waals surface area (Å²) in [5.74, 6) is 0.390. The summed E-state index contributed by atoms with van der Waals surface area (Å²) in [5, 5.41) is 6.07. The molecule has 134 valence electrons. The monoisotopic (exact) mass is 349 g/mol. The van der Waals surface area contributed by atoms with E-state index in [4.69, 9.17) is 4.74 Å². The molecule has 0 fully saturated rings. The van der Waals surface area contributed by atoms with Crippen LogP contribution in [0.1, 0.15) is 31.1 Å². The van der Waals surface area contributed by atoms with Gasteiger partial charge in [0.1, 0.15) is 5.75 Å². The van der Waals surface area contributed by atoms with Crippen LogP contribution in [0.15, 0.2) is 59.8 Å². The van der Waals surface area contributed by atoms with Gasteiger partial charge in [-0.1, -0.05) is 36.4 Å². The molecule has 3 aromatic rings. The highest BCUT2D eigenvalue weighted by Gasteiger charge is 2.06. The fourth-order valence-electron chi connectivity index (χ4n) is 2.92. The number of hydrogen-bond donors (Lipinski definition) is 1. The first-order chi connectivity index (χ1) is 12.5. The molecule has 0 atom stereocenters. The Labute approximate surface area is 153 Å². The average Bonchev–Trinajstić information content (AvgIpc) is 3.01. The van der Waals surface area contributed by atoms with Crippen LogP contribution in [0, 0.1) is 6.92 Å². The quantitative estimate of drug-likeness (QED) is 0.539. The standard InChI is InChI=1S/C21H23N3O2/c1-15(2)24-13-17(11-16(24)3)12-22-23-21(25)14-26-20-10-6-8-18-7-4-5-9-19(18)20/h4-13,15H,14H2,1-3H3,(H,23,25)/b22-12+. The van der Waals surface area contributed by atoms with Crippen LogP contribution in [0.2, 0.25) is 0 Å². The molecule has 0 saturated heterocycles. The summed E-state index contributed by atoms with van der Waals surface area (Å²) in [7, 11) is 0. The van der Waals surface area contributed by atoms with Crippen molar-refractivity contribution in [2.75, 3.05) is 6.61 Å². The molecular weight excluding hydrogens is 326 g/mol. The molecule has 1 aromatic heterocycles. The van der Waals surface area contributed by atoms with Gasteiger partial charge in [0.25, 0.3) is 5.91 Å². The third-order valence-corrected chi connectivity index (χ3v) is 4.14. The average molecular weight is 349 g/mol. The van der Waals surface area contributed by atoms with E-state index >= 15 is 0 Å². The largest absolute Gasteiger partial charge is 0.483 e. The Morgan fingerprint density at radius 1 is 1.23 bits per heavy atom. The lowest BCUT2D eigenvalue weighted by Gasteiger charge is -2.08. The molecule has 0 radical (unpaired) electrons. The topological polar surface area (TPSA) is 55.6 Å². The van der Waals surface area contributed by atoms with E-state index in [0.29, 0.717) is 11.8 Å². The number of ether oxygens (including phenoxy) is 1. The third-order valence-electron chi connectivity index (χ3n) is 4.14. The Balaban J connectivity index is 1.56. The molecule has 0 unspecified atom stereocenters. The molecule has 2 aromatic carbocycles. The summed E-state index contributed by atoms with van der Waals surface area (Å²) in [6.07, 6.45) is 3.66. The van der Waals surface area contributed by atoms with E-state index in [-0.39, 0.29) is 12.5 Å². The van der Waals surface area contributed by atoms with Crippen molar-refractivity contribution in [1.29, 1.82) is 0 Å². The Morgan fingerprint density at radius 3 is 2.77 bits per heavy atom. The molecule has 5 heteroatoms. The number of amides is 1. The van der Waals surface area contributed by atoms with Crippen molar-refractivity contribution in [3.05, 3.63) is 66.0 Å². The molecule has 0 aliphatic carbocycles. The lowest BCUT2D eigenvalue weighted by atomic mass is 10.1. The predicted molar refractivity (Wildman–Crippen MR) is 105 cm³/mol. The lowest BCUT2D eigenvalue weighted by molar-refractivity contribution is -0.123. The zero-order valence-electron chi connectivity index (χ0n) is 15.3.